The molecule has 2 aromatic rings. The molecule has 1 amide bonds. The van der Waals surface area contributed by atoms with Gasteiger partial charge in [0.15, 0.2) is 0 Å². The monoisotopic (exact) mass is 245 g/mol. The normalized spacial score (nSPS) is 15.7. The van der Waals surface area contributed by atoms with Crippen LogP contribution in [0.25, 0.3) is 10.8 Å². The lowest BCUT2D eigenvalue weighted by atomic mass is 9.88. The van der Waals surface area contributed by atoms with Gasteiger partial charge in [-0.05, 0) is 28.5 Å². The Balaban J connectivity index is 1.96. The summed E-state index contributed by atoms with van der Waals surface area (Å²) in [7, 11) is 0. The lowest BCUT2D eigenvalue weighted by molar-refractivity contribution is 0.106. The summed E-state index contributed by atoms with van der Waals surface area (Å²) in [5.41, 5.74) is 1.10. The van der Waals surface area contributed by atoms with Gasteiger partial charge in [-0.2, -0.15) is 0 Å². The molecule has 0 bridgehead atoms. The number of likely N-dealkylation sites (tertiary alicyclic amines) is 1. The molecule has 3 rings (SSSR count). The van der Waals surface area contributed by atoms with Crippen molar-refractivity contribution in [2.24, 2.45) is 0 Å². The number of benzene rings is 2. The number of halogens is 1. The molecular formula is C14H12FNO2. The predicted octanol–water partition coefficient (Wildman–Crippen LogP) is 3.06. The molecule has 1 aliphatic rings. The number of rotatable bonds is 1. The minimum atomic E-state index is -0.877. The Bertz CT molecular complexity index is 620. The Hall–Kier alpha value is -2.10. The molecule has 0 atom stereocenters. The number of carboxylic acid groups (broad SMARTS) is 1. The van der Waals surface area contributed by atoms with Crippen LogP contribution in [0.2, 0.25) is 0 Å². The molecule has 92 valence electrons. The highest BCUT2D eigenvalue weighted by atomic mass is 19.1. The molecule has 0 unspecified atom stereocenters. The van der Waals surface area contributed by atoms with Gasteiger partial charge in [-0.15, -0.1) is 0 Å². The summed E-state index contributed by atoms with van der Waals surface area (Å²) >= 11 is 0. The van der Waals surface area contributed by atoms with Crippen molar-refractivity contribution in [3.63, 3.8) is 0 Å². The SMILES string of the molecule is O=C(O)N1CC(c2cccc3cc(F)ccc23)C1. The molecular weight excluding hydrogens is 233 g/mol. The van der Waals surface area contributed by atoms with E-state index in [1.165, 1.54) is 17.0 Å². The van der Waals surface area contributed by atoms with Gasteiger partial charge < -0.3 is 10.0 Å². The molecule has 1 heterocycles. The van der Waals surface area contributed by atoms with Gasteiger partial charge in [-0.3, -0.25) is 0 Å². The largest absolute Gasteiger partial charge is 0.465 e. The third-order valence-corrected chi connectivity index (χ3v) is 3.47. The molecule has 18 heavy (non-hydrogen) atoms. The lowest BCUT2D eigenvalue weighted by Gasteiger charge is -2.37. The first-order chi connectivity index (χ1) is 8.65. The molecule has 0 aromatic heterocycles. The van der Waals surface area contributed by atoms with E-state index < -0.39 is 6.09 Å². The van der Waals surface area contributed by atoms with Gasteiger partial charge in [0.05, 0.1) is 0 Å². The van der Waals surface area contributed by atoms with Crippen LogP contribution in [0.5, 0.6) is 0 Å². The smallest absolute Gasteiger partial charge is 0.407 e. The maximum atomic E-state index is 13.1. The van der Waals surface area contributed by atoms with Crippen LogP contribution < -0.4 is 0 Å². The van der Waals surface area contributed by atoms with Crippen LogP contribution >= 0.6 is 0 Å². The van der Waals surface area contributed by atoms with Gasteiger partial charge in [0, 0.05) is 19.0 Å². The third kappa shape index (κ3) is 1.70. The molecule has 0 aliphatic carbocycles. The van der Waals surface area contributed by atoms with E-state index in [9.17, 15) is 9.18 Å². The minimum absolute atomic E-state index is 0.218. The summed E-state index contributed by atoms with van der Waals surface area (Å²) in [4.78, 5) is 12.1. The van der Waals surface area contributed by atoms with E-state index in [1.54, 1.807) is 6.07 Å². The Kier molecular flexibility index (Phi) is 2.44. The van der Waals surface area contributed by atoms with Crippen LogP contribution in [-0.2, 0) is 0 Å². The second-order valence-corrected chi connectivity index (χ2v) is 4.60. The zero-order chi connectivity index (χ0) is 12.7. The van der Waals surface area contributed by atoms with Crippen molar-refractivity contribution >= 4 is 16.9 Å². The second kappa shape index (κ2) is 3.98. The first-order valence-corrected chi connectivity index (χ1v) is 5.81. The van der Waals surface area contributed by atoms with Crippen molar-refractivity contribution in [3.8, 4) is 0 Å². The molecule has 2 aromatic carbocycles. The Morgan fingerprint density at radius 1 is 1.28 bits per heavy atom. The van der Waals surface area contributed by atoms with Crippen LogP contribution in [0.15, 0.2) is 36.4 Å². The molecule has 0 radical (unpaired) electrons. The fourth-order valence-electron chi connectivity index (χ4n) is 2.47. The van der Waals surface area contributed by atoms with E-state index in [4.69, 9.17) is 5.11 Å². The standard InChI is InChI=1S/C14H12FNO2/c15-11-4-5-13-9(6-11)2-1-3-12(13)10-7-16(8-10)14(17)18/h1-6,10H,7-8H2,(H,17,18). The number of fused-ring (bicyclic) bond motifs is 1. The number of carbonyl (C=O) groups is 1. The highest BCUT2D eigenvalue weighted by molar-refractivity contribution is 5.86. The van der Waals surface area contributed by atoms with Crippen molar-refractivity contribution in [2.75, 3.05) is 13.1 Å². The molecule has 3 nitrogen and oxygen atoms in total. The maximum Gasteiger partial charge on any atom is 0.407 e. The molecule has 1 aliphatic heterocycles. The van der Waals surface area contributed by atoms with E-state index in [0.717, 1.165) is 16.3 Å². The molecule has 1 fully saturated rings. The minimum Gasteiger partial charge on any atom is -0.465 e. The first kappa shape index (κ1) is 11.0. The van der Waals surface area contributed by atoms with E-state index in [0.29, 0.717) is 13.1 Å². The van der Waals surface area contributed by atoms with E-state index in [2.05, 4.69) is 0 Å². The summed E-state index contributed by atoms with van der Waals surface area (Å²) in [6, 6.07) is 10.5. The van der Waals surface area contributed by atoms with Gasteiger partial charge >= 0.3 is 6.09 Å². The van der Waals surface area contributed by atoms with Crippen molar-refractivity contribution in [1.82, 2.24) is 4.90 Å². The third-order valence-electron chi connectivity index (χ3n) is 3.47. The topological polar surface area (TPSA) is 40.5 Å². The van der Waals surface area contributed by atoms with E-state index in [1.807, 2.05) is 18.2 Å². The number of amides is 1. The zero-order valence-corrected chi connectivity index (χ0v) is 9.64. The van der Waals surface area contributed by atoms with Gasteiger partial charge in [-0.1, -0.05) is 24.3 Å². The summed E-state index contributed by atoms with van der Waals surface area (Å²) in [6.45, 7) is 1.04. The van der Waals surface area contributed by atoms with Crippen molar-refractivity contribution in [1.29, 1.82) is 0 Å². The fourth-order valence-corrected chi connectivity index (χ4v) is 2.47. The molecule has 1 N–H and O–H groups in total. The van der Waals surface area contributed by atoms with E-state index in [-0.39, 0.29) is 11.7 Å². The molecule has 1 saturated heterocycles. The summed E-state index contributed by atoms with van der Waals surface area (Å²) < 4.78 is 13.1. The zero-order valence-electron chi connectivity index (χ0n) is 9.64. The Morgan fingerprint density at radius 3 is 2.78 bits per heavy atom. The second-order valence-electron chi connectivity index (χ2n) is 4.60. The van der Waals surface area contributed by atoms with Gasteiger partial charge in [0.25, 0.3) is 0 Å². The maximum absolute atomic E-state index is 13.1. The highest BCUT2D eigenvalue weighted by Crippen LogP contribution is 2.32. The number of nitrogens with zero attached hydrogens (tertiary/aromatic N) is 1. The molecule has 0 spiro atoms. The quantitative estimate of drug-likeness (QED) is 0.838. The van der Waals surface area contributed by atoms with Gasteiger partial charge in [-0.25, -0.2) is 9.18 Å². The molecule has 4 heteroatoms. The van der Waals surface area contributed by atoms with Crippen molar-refractivity contribution in [2.45, 2.75) is 5.92 Å². The Labute approximate surface area is 103 Å². The Morgan fingerprint density at radius 2 is 2.06 bits per heavy atom. The summed E-state index contributed by atoms with van der Waals surface area (Å²) in [5, 5.41) is 10.7. The van der Waals surface area contributed by atoms with Gasteiger partial charge in [0.2, 0.25) is 0 Å². The van der Waals surface area contributed by atoms with Crippen LogP contribution in [-0.4, -0.2) is 29.2 Å². The van der Waals surface area contributed by atoms with Crippen LogP contribution in [0.1, 0.15) is 11.5 Å². The number of hydrogen-bond donors (Lipinski definition) is 1. The van der Waals surface area contributed by atoms with E-state index >= 15 is 0 Å². The fraction of sp³-hybridized carbons (Fsp3) is 0.214. The van der Waals surface area contributed by atoms with Crippen molar-refractivity contribution < 1.29 is 14.3 Å². The average molecular weight is 245 g/mol. The van der Waals surface area contributed by atoms with Crippen LogP contribution in [0.4, 0.5) is 9.18 Å². The average Bonchev–Trinajstić information content (AvgIpc) is 2.26. The highest BCUT2D eigenvalue weighted by Gasteiger charge is 2.32. The van der Waals surface area contributed by atoms with Gasteiger partial charge in [0.1, 0.15) is 5.82 Å². The van der Waals surface area contributed by atoms with Crippen LogP contribution in [0.3, 0.4) is 0 Å². The number of hydrogen-bond acceptors (Lipinski definition) is 1. The van der Waals surface area contributed by atoms with Crippen LogP contribution in [0, 0.1) is 5.82 Å². The summed E-state index contributed by atoms with van der Waals surface area (Å²) in [5.74, 6) is -0.0318. The molecule has 0 saturated carbocycles. The summed E-state index contributed by atoms with van der Waals surface area (Å²) in [6.07, 6.45) is -0.877. The predicted molar refractivity (Wildman–Crippen MR) is 66.2 cm³/mol. The first-order valence-electron chi connectivity index (χ1n) is 5.81. The van der Waals surface area contributed by atoms with Crippen molar-refractivity contribution in [3.05, 3.63) is 47.8 Å². The lowest BCUT2D eigenvalue weighted by Crippen LogP contribution is -2.47.